The van der Waals surface area contributed by atoms with Crippen LogP contribution in [0.1, 0.15) is 44.1 Å². The van der Waals surface area contributed by atoms with Crippen LogP contribution in [0, 0.1) is 0 Å². The second-order valence-corrected chi connectivity index (χ2v) is 8.16. The van der Waals surface area contributed by atoms with Crippen molar-refractivity contribution in [3.63, 3.8) is 0 Å². The van der Waals surface area contributed by atoms with E-state index in [4.69, 9.17) is 0 Å². The predicted octanol–water partition coefficient (Wildman–Crippen LogP) is 2.13. The molecule has 2 aliphatic rings. The molecule has 0 bridgehead atoms. The van der Waals surface area contributed by atoms with E-state index in [0.717, 1.165) is 43.3 Å². The van der Waals surface area contributed by atoms with Crippen LogP contribution in [0.5, 0.6) is 0 Å². The van der Waals surface area contributed by atoms with Crippen molar-refractivity contribution in [3.05, 3.63) is 36.0 Å². The number of nitrogens with zero attached hydrogens (tertiary/aromatic N) is 3. The van der Waals surface area contributed by atoms with Gasteiger partial charge in [0.15, 0.2) is 16.0 Å². The van der Waals surface area contributed by atoms with Crippen LogP contribution in [0.4, 0.5) is 0 Å². The molecule has 0 spiro atoms. The molecule has 2 aromatic rings. The third kappa shape index (κ3) is 3.41. The average molecular weight is 386 g/mol. The Morgan fingerprint density at radius 3 is 2.78 bits per heavy atom. The van der Waals surface area contributed by atoms with Crippen molar-refractivity contribution in [1.82, 2.24) is 19.4 Å². The Morgan fingerprint density at radius 2 is 2.11 bits per heavy atom. The Hall–Kier alpha value is -2.48. The lowest BCUT2D eigenvalue weighted by Gasteiger charge is -2.32. The number of rotatable bonds is 4. The molecule has 1 saturated heterocycles. The molecule has 1 unspecified atom stereocenters. The number of piperidine rings is 1. The molecule has 1 N–H and O–H groups in total. The van der Waals surface area contributed by atoms with Gasteiger partial charge in [0.25, 0.3) is 5.91 Å². The number of carbonyl (C=O) groups excluding carboxylic acids is 2. The molecule has 0 radical (unpaired) electrons. The minimum absolute atomic E-state index is 0.258. The molecule has 1 aromatic carbocycles. The van der Waals surface area contributed by atoms with E-state index in [1.54, 1.807) is 10.9 Å². The van der Waals surface area contributed by atoms with E-state index in [0.29, 0.717) is 17.4 Å². The highest BCUT2D eigenvalue weighted by Crippen LogP contribution is 2.31. The van der Waals surface area contributed by atoms with Crippen molar-refractivity contribution in [2.45, 2.75) is 38.5 Å². The molecule has 4 rings (SSSR count). The number of carbonyl (C=O) groups is 2. The zero-order chi connectivity index (χ0) is 19.0. The van der Waals surface area contributed by atoms with E-state index < -0.39 is 11.0 Å². The number of fused-ring (bicyclic) bond motifs is 1. The van der Waals surface area contributed by atoms with Crippen LogP contribution in [0.3, 0.4) is 0 Å². The van der Waals surface area contributed by atoms with E-state index in [9.17, 15) is 13.8 Å². The summed E-state index contributed by atoms with van der Waals surface area (Å²) in [6.07, 6.45) is 6.50. The number of amides is 2. The molecule has 0 saturated carbocycles. The molecule has 3 heterocycles. The van der Waals surface area contributed by atoms with Gasteiger partial charge in [-0.05, 0) is 42.9 Å². The minimum atomic E-state index is -1.57. The van der Waals surface area contributed by atoms with Crippen molar-refractivity contribution in [3.8, 4) is 0 Å². The number of benzene rings is 1. The van der Waals surface area contributed by atoms with Crippen molar-refractivity contribution in [2.24, 2.45) is 0 Å². The van der Waals surface area contributed by atoms with Crippen LogP contribution in [-0.4, -0.2) is 43.8 Å². The Balaban J connectivity index is 1.52. The molecule has 8 heteroatoms. The summed E-state index contributed by atoms with van der Waals surface area (Å²) in [6.45, 7) is 3.64. The van der Waals surface area contributed by atoms with Crippen molar-refractivity contribution < 1.29 is 13.8 Å². The van der Waals surface area contributed by atoms with Gasteiger partial charge in [0, 0.05) is 31.0 Å². The van der Waals surface area contributed by atoms with Crippen LogP contribution in [-0.2, 0) is 20.6 Å². The summed E-state index contributed by atoms with van der Waals surface area (Å²) in [6, 6.07) is 6.15. The summed E-state index contributed by atoms with van der Waals surface area (Å²) < 4.78 is 15.9. The van der Waals surface area contributed by atoms with E-state index >= 15 is 0 Å². The van der Waals surface area contributed by atoms with Gasteiger partial charge in [0.1, 0.15) is 0 Å². The molecular weight excluding hydrogens is 364 g/mol. The van der Waals surface area contributed by atoms with Gasteiger partial charge in [-0.2, -0.15) is 5.10 Å². The van der Waals surface area contributed by atoms with E-state index in [-0.39, 0.29) is 11.8 Å². The maximum Gasteiger partial charge on any atom is 0.258 e. The highest BCUT2D eigenvalue weighted by Gasteiger charge is 2.25. The van der Waals surface area contributed by atoms with Gasteiger partial charge in [-0.1, -0.05) is 13.0 Å². The van der Waals surface area contributed by atoms with Gasteiger partial charge < -0.3 is 4.90 Å². The first-order chi connectivity index (χ1) is 13.1. The molecule has 1 atom stereocenters. The lowest BCUT2D eigenvalue weighted by Crippen LogP contribution is -2.37. The van der Waals surface area contributed by atoms with Crippen LogP contribution < -0.4 is 4.72 Å². The molecule has 142 valence electrons. The van der Waals surface area contributed by atoms with Crippen LogP contribution in [0.2, 0.25) is 0 Å². The first-order valence-corrected chi connectivity index (χ1v) is 10.4. The Morgan fingerprint density at radius 1 is 1.33 bits per heavy atom. The molecule has 1 fully saturated rings. The van der Waals surface area contributed by atoms with Crippen molar-refractivity contribution in [2.75, 3.05) is 13.1 Å². The number of nitrogens with one attached hydrogen (secondary N) is 1. The lowest BCUT2D eigenvalue weighted by molar-refractivity contribution is -0.132. The van der Waals surface area contributed by atoms with E-state index in [1.807, 2.05) is 17.9 Å². The maximum absolute atomic E-state index is 12.1. The summed E-state index contributed by atoms with van der Waals surface area (Å²) in [4.78, 5) is 25.4. The highest BCUT2D eigenvalue weighted by atomic mass is 32.2. The lowest BCUT2D eigenvalue weighted by atomic mass is 9.89. The first-order valence-electron chi connectivity index (χ1n) is 9.26. The zero-order valence-corrected chi connectivity index (χ0v) is 16.0. The minimum Gasteiger partial charge on any atom is -0.343 e. The fourth-order valence-corrected chi connectivity index (χ4v) is 4.66. The van der Waals surface area contributed by atoms with Gasteiger partial charge >= 0.3 is 0 Å². The Kier molecular flexibility index (Phi) is 4.82. The fraction of sp³-hybridized carbons (Fsp3) is 0.421. The summed E-state index contributed by atoms with van der Waals surface area (Å²) in [5, 5.41) is 5.62. The number of hydrogen-bond donors (Lipinski definition) is 1. The van der Waals surface area contributed by atoms with Gasteiger partial charge in [-0.15, -0.1) is 0 Å². The average Bonchev–Trinajstić information content (AvgIpc) is 3.23. The summed E-state index contributed by atoms with van der Waals surface area (Å²) in [7, 11) is -1.57. The zero-order valence-electron chi connectivity index (χ0n) is 15.2. The summed E-state index contributed by atoms with van der Waals surface area (Å²) >= 11 is 0. The highest BCUT2D eigenvalue weighted by molar-refractivity contribution is 7.93. The van der Waals surface area contributed by atoms with E-state index in [2.05, 4.69) is 22.0 Å². The fourth-order valence-electron chi connectivity index (χ4n) is 3.79. The van der Waals surface area contributed by atoms with Crippen LogP contribution >= 0.6 is 0 Å². The standard InChI is InChI=1S/C19H22N4O3S/c1-2-3-18(25)22-8-6-13(7-9-22)14-4-5-16-15(10-14)12-20-23(16)19-11-17(24)21-27(19)26/h4-5,10-13H,2-3,6-9H2,1H3,(H,21,24). The Bertz CT molecular complexity index is 957. The quantitative estimate of drug-likeness (QED) is 0.872. The Labute approximate surface area is 160 Å². The third-order valence-electron chi connectivity index (χ3n) is 5.22. The second kappa shape index (κ2) is 7.26. The number of aromatic nitrogens is 2. The van der Waals surface area contributed by atoms with Gasteiger partial charge in [0.2, 0.25) is 5.91 Å². The number of hydrogen-bond acceptors (Lipinski definition) is 4. The van der Waals surface area contributed by atoms with Crippen molar-refractivity contribution in [1.29, 1.82) is 0 Å². The molecule has 27 heavy (non-hydrogen) atoms. The largest absolute Gasteiger partial charge is 0.343 e. The molecule has 0 aliphatic carbocycles. The van der Waals surface area contributed by atoms with Crippen LogP contribution in [0.15, 0.2) is 30.5 Å². The summed E-state index contributed by atoms with van der Waals surface area (Å²) in [5.74, 6) is 0.313. The normalized spacial score (nSPS) is 20.8. The second-order valence-electron chi connectivity index (χ2n) is 7.00. The van der Waals surface area contributed by atoms with Gasteiger partial charge in [-0.25, -0.2) is 8.89 Å². The molecule has 7 nitrogen and oxygen atoms in total. The van der Waals surface area contributed by atoms with Crippen LogP contribution in [0.25, 0.3) is 15.9 Å². The first kappa shape index (κ1) is 17.9. The topological polar surface area (TPSA) is 84.3 Å². The molecule has 1 aromatic heterocycles. The third-order valence-corrected chi connectivity index (χ3v) is 6.28. The SMILES string of the molecule is CCCC(=O)N1CCC(c2ccc3c(cnn3C3=CC(=O)NS3=O)c2)CC1. The summed E-state index contributed by atoms with van der Waals surface area (Å²) in [5.41, 5.74) is 2.06. The van der Waals surface area contributed by atoms with Crippen molar-refractivity contribution >= 4 is 38.7 Å². The monoisotopic (exact) mass is 386 g/mol. The van der Waals surface area contributed by atoms with Gasteiger partial charge in [0.05, 0.1) is 11.7 Å². The molecule has 2 aliphatic heterocycles. The molecular formula is C19H22N4O3S. The van der Waals surface area contributed by atoms with Gasteiger partial charge in [-0.3, -0.25) is 14.3 Å². The molecule has 2 amide bonds. The predicted molar refractivity (Wildman–Crippen MR) is 104 cm³/mol. The maximum atomic E-state index is 12.1. The smallest absolute Gasteiger partial charge is 0.258 e. The van der Waals surface area contributed by atoms with E-state index in [1.165, 1.54) is 11.6 Å². The number of likely N-dealkylation sites (tertiary alicyclic amines) is 1.